The Morgan fingerprint density at radius 1 is 1.36 bits per heavy atom. The van der Waals surface area contributed by atoms with Gasteiger partial charge in [0.1, 0.15) is 0 Å². The van der Waals surface area contributed by atoms with Crippen LogP contribution in [0.3, 0.4) is 0 Å². The number of amides is 1. The van der Waals surface area contributed by atoms with E-state index in [2.05, 4.69) is 4.83 Å². The van der Waals surface area contributed by atoms with Gasteiger partial charge in [0.05, 0.1) is 0 Å². The summed E-state index contributed by atoms with van der Waals surface area (Å²) in [5, 5.41) is 0. The van der Waals surface area contributed by atoms with E-state index in [4.69, 9.17) is 0 Å². The molecule has 0 unspecified atom stereocenters. The fourth-order valence-corrected chi connectivity index (χ4v) is 1.02. The summed E-state index contributed by atoms with van der Waals surface area (Å²) < 4.78 is 20.3. The fourth-order valence-electron chi connectivity index (χ4n) is 0.340. The van der Waals surface area contributed by atoms with Crippen molar-refractivity contribution < 1.29 is 77.2 Å². The quantitative estimate of drug-likeness (QED) is 0.218. The van der Waals surface area contributed by atoms with E-state index in [0.29, 0.717) is 0 Å². The summed E-state index contributed by atoms with van der Waals surface area (Å²) in [5.74, 6) is -0.894. The van der Waals surface area contributed by atoms with Gasteiger partial charge in [-0.1, -0.05) is 0 Å². The number of hydrogen-bond acceptors (Lipinski definition) is 4. The summed E-state index contributed by atoms with van der Waals surface area (Å²) in [4.78, 5) is 22.0. The average Bonchev–Trinajstić information content (AvgIpc) is 1.79. The zero-order chi connectivity index (χ0) is 7.07. The summed E-state index contributed by atoms with van der Waals surface area (Å²) in [6.45, 7) is 0. The summed E-state index contributed by atoms with van der Waals surface area (Å²) >= 11 is 0. The number of sulfonamides is 1. The van der Waals surface area contributed by atoms with Crippen LogP contribution in [0.2, 0.25) is 0 Å². The van der Waals surface area contributed by atoms with Crippen LogP contribution in [-0.2, 0) is 14.8 Å². The van der Waals surface area contributed by atoms with Crippen LogP contribution >= 0.6 is 0 Å². The summed E-state index contributed by atoms with van der Waals surface area (Å²) in [6.07, 6.45) is 0. The van der Waals surface area contributed by atoms with E-state index in [1.54, 1.807) is 0 Å². The topological polar surface area (TPSA) is 85.4 Å². The van der Waals surface area contributed by atoms with Gasteiger partial charge in [-0.15, -0.1) is 5.75 Å². The van der Waals surface area contributed by atoms with Gasteiger partial charge in [0.2, 0.25) is 0 Å². The van der Waals surface area contributed by atoms with Gasteiger partial charge in [0.15, 0.2) is 0 Å². The molecule has 0 N–H and O–H groups in total. The first kappa shape index (κ1) is 14.4. The van der Waals surface area contributed by atoms with Crippen molar-refractivity contribution in [3.05, 3.63) is 15.5 Å². The first-order chi connectivity index (χ1) is 4.01. The van der Waals surface area contributed by atoms with Crippen molar-refractivity contribution in [2.24, 2.45) is 0 Å². The number of rotatable bonds is 0. The maximum Gasteiger partial charge on any atom is 1.00 e. The van der Waals surface area contributed by atoms with E-state index >= 15 is 0 Å². The van der Waals surface area contributed by atoms with Crippen molar-refractivity contribution in [2.75, 3.05) is 0 Å². The predicted molar refractivity (Wildman–Crippen MR) is 25.2 cm³/mol. The smallest absolute Gasteiger partial charge is 0.294 e. The molecule has 1 rings (SSSR count). The molecule has 0 aromatic heterocycles. The molecule has 1 aliphatic heterocycles. The largest absolute Gasteiger partial charge is 1.00 e. The first-order valence-corrected chi connectivity index (χ1v) is 3.35. The van der Waals surface area contributed by atoms with Crippen LogP contribution in [0.25, 0.3) is 4.83 Å². The molecule has 1 amide bonds. The number of nitroso groups, excluding NO2 is 1. The van der Waals surface area contributed by atoms with Gasteiger partial charge < -0.3 is 0 Å². The van der Waals surface area contributed by atoms with Crippen molar-refractivity contribution in [1.82, 2.24) is 0 Å². The minimum atomic E-state index is -3.88. The Morgan fingerprint density at radius 2 is 1.82 bits per heavy atom. The molecule has 50 valence electrons. The molecule has 9 heteroatoms. The zero-order valence-corrected chi connectivity index (χ0v) is 10.8. The molecule has 11 heavy (non-hydrogen) atoms. The van der Waals surface area contributed by atoms with Crippen LogP contribution in [0.15, 0.2) is 0 Å². The molecule has 0 atom stereocenters. The van der Waals surface area contributed by atoms with Crippen molar-refractivity contribution in [2.45, 2.75) is 0 Å². The molecule has 0 aromatic carbocycles. The Labute approximate surface area is 107 Å². The number of nitrogens with zero attached hydrogens (tertiary/aromatic N) is 2. The molecule has 1 fully saturated rings. The average molecular weight is 195 g/mol. The van der Waals surface area contributed by atoms with Crippen LogP contribution in [0.5, 0.6) is 0 Å². The molecule has 1 aliphatic rings. The summed E-state index contributed by atoms with van der Waals surface area (Å²) in [7, 11) is -3.88. The van der Waals surface area contributed by atoms with Gasteiger partial charge in [0.25, 0.3) is 0 Å². The number of carbonyl (C=O) groups excluding carboxylic acids is 1. The van der Waals surface area contributed by atoms with Crippen LogP contribution < -0.4 is 59.1 Å². The first-order valence-electron chi connectivity index (χ1n) is 1.85. The SMILES string of the molecule is O=C1[CH-]S(=O)(=O)[N-][N+]1=O.[Na+].[Na+]. The molecular formula is C2HN2Na2O4S+. The molecular weight excluding hydrogens is 194 g/mol. The van der Waals surface area contributed by atoms with E-state index in [1.807, 2.05) is 0 Å². The molecule has 0 bridgehead atoms. The molecule has 0 aliphatic carbocycles. The second kappa shape index (κ2) is 4.80. The van der Waals surface area contributed by atoms with Gasteiger partial charge >= 0.3 is 65.0 Å². The summed E-state index contributed by atoms with van der Waals surface area (Å²) in [6, 6.07) is 0. The number of carbonyl (C=O) groups is 1. The zero-order valence-electron chi connectivity index (χ0n) is 6.01. The van der Waals surface area contributed by atoms with Crippen LogP contribution in [0.1, 0.15) is 0 Å². The molecule has 1 saturated heterocycles. The summed E-state index contributed by atoms with van der Waals surface area (Å²) in [5.41, 5.74) is 0. The van der Waals surface area contributed by atoms with Gasteiger partial charge in [-0.2, -0.15) is 0 Å². The third-order valence-electron chi connectivity index (χ3n) is 0.626. The van der Waals surface area contributed by atoms with Gasteiger partial charge in [0, 0.05) is 19.8 Å². The van der Waals surface area contributed by atoms with E-state index in [9.17, 15) is 18.1 Å². The molecule has 6 nitrogen and oxygen atoms in total. The maximum absolute atomic E-state index is 10.2. The Balaban J connectivity index is 0. The minimum absolute atomic E-state index is 0. The van der Waals surface area contributed by atoms with Crippen LogP contribution in [-0.4, -0.2) is 19.2 Å². The molecule has 1 heterocycles. The second-order valence-corrected chi connectivity index (χ2v) is 2.75. The Morgan fingerprint density at radius 3 is 1.91 bits per heavy atom. The third kappa shape index (κ3) is 3.88. The normalized spacial score (nSPS) is 18.9. The van der Waals surface area contributed by atoms with Crippen molar-refractivity contribution in [3.63, 3.8) is 0 Å². The molecule has 0 spiro atoms. The standard InChI is InChI=1S/C2HN2O4S.2Na/c5-2-1-9(7,8)3-4(2)6;;/h1H;;/q-1;2*+1. The maximum atomic E-state index is 10.2. The monoisotopic (exact) mass is 195 g/mol. The number of hydrogen-bond donors (Lipinski definition) is 0. The molecule has 0 aromatic rings. The predicted octanol–water partition coefficient (Wildman–Crippen LogP) is -6.91. The van der Waals surface area contributed by atoms with E-state index in [1.165, 1.54) is 0 Å². The fraction of sp³-hybridized carbons (Fsp3) is 0. The second-order valence-electron chi connectivity index (χ2n) is 1.33. The Kier molecular flexibility index (Phi) is 6.30. The third-order valence-corrected chi connectivity index (χ3v) is 1.50. The van der Waals surface area contributed by atoms with Crippen molar-refractivity contribution in [3.8, 4) is 0 Å². The molecule has 0 radical (unpaired) electrons. The van der Waals surface area contributed by atoms with Crippen molar-refractivity contribution >= 4 is 15.9 Å². The van der Waals surface area contributed by atoms with E-state index in [-0.39, 0.29) is 64.9 Å². The van der Waals surface area contributed by atoms with E-state index in [0.717, 1.165) is 0 Å². The van der Waals surface area contributed by atoms with Gasteiger partial charge in [-0.25, -0.2) is 4.79 Å². The Bertz CT molecular complexity index is 250. The van der Waals surface area contributed by atoms with Crippen LogP contribution in [0.4, 0.5) is 0 Å². The minimum Gasteiger partial charge on any atom is -0.294 e. The van der Waals surface area contributed by atoms with E-state index < -0.39 is 20.8 Å². The van der Waals surface area contributed by atoms with Crippen molar-refractivity contribution in [1.29, 1.82) is 0 Å². The Hall–Kier alpha value is 0.890. The van der Waals surface area contributed by atoms with Gasteiger partial charge in [-0.05, 0) is 0 Å². The molecule has 0 saturated carbocycles. The van der Waals surface area contributed by atoms with Crippen LogP contribution in [0, 0.1) is 10.7 Å². The van der Waals surface area contributed by atoms with Gasteiger partial charge in [-0.3, -0.25) is 13.2 Å².